The number of benzene rings is 1. The molecule has 0 aliphatic heterocycles. The van der Waals surface area contributed by atoms with Gasteiger partial charge in [0.2, 0.25) is 0 Å². The number of esters is 1. The van der Waals surface area contributed by atoms with Gasteiger partial charge in [-0.25, -0.2) is 13.6 Å². The summed E-state index contributed by atoms with van der Waals surface area (Å²) in [5.41, 5.74) is 5.68. The fourth-order valence-electron chi connectivity index (χ4n) is 1.14. The summed E-state index contributed by atoms with van der Waals surface area (Å²) in [7, 11) is 1.22. The Hall–Kier alpha value is -1.49. The number of hydrogen-bond donors (Lipinski definition) is 1. The van der Waals surface area contributed by atoms with Gasteiger partial charge in [-0.05, 0) is 17.7 Å². The number of carbonyl (C=O) groups excluding carboxylic acids is 1. The molecule has 82 valence electrons. The molecule has 1 rings (SSSR count). The minimum atomic E-state index is -2.65. The van der Waals surface area contributed by atoms with Gasteiger partial charge in [0, 0.05) is 0 Å². The van der Waals surface area contributed by atoms with E-state index in [1.54, 1.807) is 0 Å². The molecule has 0 radical (unpaired) electrons. The van der Waals surface area contributed by atoms with Gasteiger partial charge < -0.3 is 10.5 Å². The predicted molar refractivity (Wildman–Crippen MR) is 50.7 cm³/mol. The summed E-state index contributed by atoms with van der Waals surface area (Å²) in [5, 5.41) is 0. The fraction of sp³-hybridized carbons (Fsp3) is 0.300. The van der Waals surface area contributed by atoms with Crippen LogP contribution in [0.2, 0.25) is 0 Å². The van der Waals surface area contributed by atoms with E-state index in [4.69, 9.17) is 5.73 Å². The van der Waals surface area contributed by atoms with Gasteiger partial charge in [-0.1, -0.05) is 12.1 Å². The molecule has 0 spiro atoms. The zero-order valence-corrected chi connectivity index (χ0v) is 8.11. The number of alkyl halides is 2. The van der Waals surface area contributed by atoms with Gasteiger partial charge >= 0.3 is 5.97 Å². The first-order valence-corrected chi connectivity index (χ1v) is 4.28. The minimum absolute atomic E-state index is 0.214. The zero-order valence-electron chi connectivity index (χ0n) is 8.11. The minimum Gasteiger partial charge on any atom is -0.465 e. The van der Waals surface area contributed by atoms with Crippen molar-refractivity contribution in [2.75, 3.05) is 7.11 Å². The predicted octanol–water partition coefficient (Wildman–Crippen LogP) is 1.74. The zero-order chi connectivity index (χ0) is 11.4. The van der Waals surface area contributed by atoms with Crippen LogP contribution in [0.1, 0.15) is 22.0 Å². The summed E-state index contributed by atoms with van der Waals surface area (Å²) in [5.74, 6) is -0.571. The van der Waals surface area contributed by atoms with Gasteiger partial charge in [-0.2, -0.15) is 0 Å². The summed E-state index contributed by atoms with van der Waals surface area (Å²) < 4.78 is 29.0. The Labute approximate surface area is 85.8 Å². The van der Waals surface area contributed by atoms with Crippen molar-refractivity contribution in [2.45, 2.75) is 12.5 Å². The fourth-order valence-corrected chi connectivity index (χ4v) is 1.14. The normalized spacial score (nSPS) is 12.6. The quantitative estimate of drug-likeness (QED) is 0.781. The highest BCUT2D eigenvalue weighted by atomic mass is 19.3. The summed E-state index contributed by atoms with van der Waals surface area (Å²) >= 11 is 0. The average Bonchev–Trinajstić information content (AvgIpc) is 2.27. The first-order chi connectivity index (χ1) is 7.06. The number of carbonyl (C=O) groups is 1. The number of methoxy groups -OCH3 is 1. The maximum Gasteiger partial charge on any atom is 0.337 e. The van der Waals surface area contributed by atoms with E-state index in [1.807, 2.05) is 0 Å². The molecule has 1 aromatic carbocycles. The standard InChI is InChI=1S/C10H11F2NO2/c1-15-10(14)7-4-2-3-6(5-7)8(13)9(11)12/h2-5,8-9H,13H2,1H3. The third-order valence-electron chi connectivity index (χ3n) is 1.96. The van der Waals surface area contributed by atoms with Crippen molar-refractivity contribution in [2.24, 2.45) is 5.73 Å². The highest BCUT2D eigenvalue weighted by molar-refractivity contribution is 5.89. The molecule has 0 saturated heterocycles. The summed E-state index contributed by atoms with van der Waals surface area (Å²) in [6, 6.07) is 4.35. The number of hydrogen-bond acceptors (Lipinski definition) is 3. The number of rotatable bonds is 3. The molecule has 3 nitrogen and oxygen atoms in total. The van der Waals surface area contributed by atoms with Crippen LogP contribution in [-0.4, -0.2) is 19.5 Å². The summed E-state index contributed by atoms with van der Waals surface area (Å²) in [4.78, 5) is 11.1. The van der Waals surface area contributed by atoms with Gasteiger partial charge in [0.25, 0.3) is 6.43 Å². The molecule has 0 fully saturated rings. The molecule has 1 unspecified atom stereocenters. The van der Waals surface area contributed by atoms with E-state index >= 15 is 0 Å². The Bertz CT molecular complexity index is 355. The van der Waals surface area contributed by atoms with Crippen molar-refractivity contribution < 1.29 is 18.3 Å². The van der Waals surface area contributed by atoms with Crippen LogP contribution in [0.4, 0.5) is 8.78 Å². The van der Waals surface area contributed by atoms with E-state index < -0.39 is 18.4 Å². The summed E-state index contributed by atoms with van der Waals surface area (Å²) in [6.45, 7) is 0. The molecule has 1 atom stereocenters. The molecule has 0 aliphatic rings. The lowest BCUT2D eigenvalue weighted by atomic mass is 10.1. The molecule has 5 heteroatoms. The average molecular weight is 215 g/mol. The number of halogens is 2. The highest BCUT2D eigenvalue weighted by Crippen LogP contribution is 2.19. The molecule has 0 bridgehead atoms. The second kappa shape index (κ2) is 4.84. The molecule has 0 aliphatic carbocycles. The maximum atomic E-state index is 12.3. The Morgan fingerprint density at radius 2 is 2.13 bits per heavy atom. The van der Waals surface area contributed by atoms with Crippen LogP contribution >= 0.6 is 0 Å². The number of ether oxygens (including phenoxy) is 1. The van der Waals surface area contributed by atoms with Gasteiger partial charge in [0.05, 0.1) is 18.7 Å². The van der Waals surface area contributed by atoms with Crippen molar-refractivity contribution in [3.05, 3.63) is 35.4 Å². The van der Waals surface area contributed by atoms with Crippen molar-refractivity contribution in [1.29, 1.82) is 0 Å². The largest absolute Gasteiger partial charge is 0.465 e. The van der Waals surface area contributed by atoms with E-state index in [2.05, 4.69) is 4.74 Å². The van der Waals surface area contributed by atoms with Crippen LogP contribution in [0.5, 0.6) is 0 Å². The highest BCUT2D eigenvalue weighted by Gasteiger charge is 2.18. The molecule has 0 saturated carbocycles. The first kappa shape index (κ1) is 11.6. The molecule has 2 N–H and O–H groups in total. The summed E-state index contributed by atoms with van der Waals surface area (Å²) in [6.07, 6.45) is -2.65. The Morgan fingerprint density at radius 3 is 2.67 bits per heavy atom. The lowest BCUT2D eigenvalue weighted by molar-refractivity contribution is 0.0600. The van der Waals surface area contributed by atoms with Crippen LogP contribution in [0.15, 0.2) is 24.3 Å². The topological polar surface area (TPSA) is 52.3 Å². The van der Waals surface area contributed by atoms with Gasteiger partial charge in [-0.15, -0.1) is 0 Å². The third-order valence-corrected chi connectivity index (χ3v) is 1.96. The van der Waals surface area contributed by atoms with Gasteiger partial charge in [0.1, 0.15) is 0 Å². The maximum absolute atomic E-state index is 12.3. The molecular weight excluding hydrogens is 204 g/mol. The second-order valence-corrected chi connectivity index (χ2v) is 2.98. The van der Waals surface area contributed by atoms with Crippen LogP contribution in [0.25, 0.3) is 0 Å². The molecule has 0 amide bonds. The van der Waals surface area contributed by atoms with Crippen molar-refractivity contribution in [3.8, 4) is 0 Å². The Kier molecular flexibility index (Phi) is 3.74. The molecule has 15 heavy (non-hydrogen) atoms. The van der Waals surface area contributed by atoms with Crippen molar-refractivity contribution in [1.82, 2.24) is 0 Å². The SMILES string of the molecule is COC(=O)c1cccc(C(N)C(F)F)c1. The lowest BCUT2D eigenvalue weighted by Crippen LogP contribution is -2.19. The van der Waals surface area contributed by atoms with Crippen LogP contribution < -0.4 is 5.73 Å². The Morgan fingerprint density at radius 1 is 1.47 bits per heavy atom. The van der Waals surface area contributed by atoms with E-state index in [0.29, 0.717) is 0 Å². The molecule has 0 aromatic heterocycles. The molecule has 0 heterocycles. The van der Waals surface area contributed by atoms with Gasteiger partial charge in [-0.3, -0.25) is 0 Å². The first-order valence-electron chi connectivity index (χ1n) is 4.28. The monoisotopic (exact) mass is 215 g/mol. The van der Waals surface area contributed by atoms with E-state index in [-0.39, 0.29) is 11.1 Å². The Balaban J connectivity index is 2.97. The van der Waals surface area contributed by atoms with E-state index in [0.717, 1.165) is 0 Å². The van der Waals surface area contributed by atoms with Crippen molar-refractivity contribution in [3.63, 3.8) is 0 Å². The molecular formula is C10H11F2NO2. The van der Waals surface area contributed by atoms with E-state index in [1.165, 1.54) is 31.4 Å². The van der Waals surface area contributed by atoms with Crippen LogP contribution in [0.3, 0.4) is 0 Å². The smallest absolute Gasteiger partial charge is 0.337 e. The van der Waals surface area contributed by atoms with Crippen LogP contribution in [0, 0.1) is 0 Å². The number of nitrogens with two attached hydrogens (primary N) is 1. The third kappa shape index (κ3) is 2.73. The second-order valence-electron chi connectivity index (χ2n) is 2.98. The van der Waals surface area contributed by atoms with E-state index in [9.17, 15) is 13.6 Å². The van der Waals surface area contributed by atoms with Crippen LogP contribution in [-0.2, 0) is 4.74 Å². The lowest BCUT2D eigenvalue weighted by Gasteiger charge is -2.11. The van der Waals surface area contributed by atoms with Gasteiger partial charge in [0.15, 0.2) is 0 Å². The molecule has 1 aromatic rings. The van der Waals surface area contributed by atoms with Crippen molar-refractivity contribution >= 4 is 5.97 Å².